The topological polar surface area (TPSA) is 66.8 Å². The second kappa shape index (κ2) is 14.3. The molecule has 0 aliphatic rings. The van der Waals surface area contributed by atoms with E-state index in [0.717, 1.165) is 30.2 Å². The number of hydrogen-bond donors (Lipinski definition) is 0. The van der Waals surface area contributed by atoms with Gasteiger partial charge in [0.2, 0.25) is 0 Å². The SMILES string of the molecule is CCCCn1c(=O)cc(OCCOCCOCCSC(=O)C(C)CC)c2ccccc21. The van der Waals surface area contributed by atoms with E-state index in [1.807, 2.05) is 42.7 Å². The minimum absolute atomic E-state index is 0.0406. The Morgan fingerprint density at radius 2 is 1.77 bits per heavy atom. The maximum Gasteiger partial charge on any atom is 0.254 e. The smallest absolute Gasteiger partial charge is 0.254 e. The van der Waals surface area contributed by atoms with Crippen molar-refractivity contribution in [2.75, 3.05) is 38.8 Å². The summed E-state index contributed by atoms with van der Waals surface area (Å²) in [4.78, 5) is 24.2. The van der Waals surface area contributed by atoms with Crippen LogP contribution < -0.4 is 10.3 Å². The maximum absolute atomic E-state index is 12.5. The largest absolute Gasteiger partial charge is 0.490 e. The highest BCUT2D eigenvalue weighted by Gasteiger charge is 2.11. The first kappa shape index (κ1) is 25.4. The predicted octanol–water partition coefficient (Wildman–Crippen LogP) is 4.52. The highest BCUT2D eigenvalue weighted by atomic mass is 32.2. The molecule has 6 nitrogen and oxygen atoms in total. The van der Waals surface area contributed by atoms with Crippen LogP contribution in [-0.2, 0) is 20.8 Å². The van der Waals surface area contributed by atoms with Crippen LogP contribution in [0.2, 0.25) is 0 Å². The number of carbonyl (C=O) groups is 1. The van der Waals surface area contributed by atoms with Crippen molar-refractivity contribution >= 4 is 27.8 Å². The van der Waals surface area contributed by atoms with E-state index in [2.05, 4.69) is 6.92 Å². The molecular formula is C24H35NO5S. The highest BCUT2D eigenvalue weighted by molar-refractivity contribution is 8.13. The number of pyridine rings is 1. The first-order valence-electron chi connectivity index (χ1n) is 11.2. The number of nitrogens with zero attached hydrogens (tertiary/aromatic N) is 1. The Labute approximate surface area is 189 Å². The Balaban J connectivity index is 1.69. The zero-order valence-corrected chi connectivity index (χ0v) is 19.7. The molecule has 0 N–H and O–H groups in total. The van der Waals surface area contributed by atoms with Gasteiger partial charge in [0.25, 0.3) is 5.56 Å². The normalized spacial score (nSPS) is 12.2. The van der Waals surface area contributed by atoms with Crippen molar-refractivity contribution in [3.63, 3.8) is 0 Å². The average Bonchev–Trinajstić information content (AvgIpc) is 2.79. The lowest BCUT2D eigenvalue weighted by molar-refractivity contribution is -0.114. The summed E-state index contributed by atoms with van der Waals surface area (Å²) in [5, 5.41) is 1.16. The molecule has 0 saturated carbocycles. The number of fused-ring (bicyclic) bond motifs is 1. The standard InChI is InChI=1S/C24H35NO5S/c1-4-6-11-25-21-10-8-7-9-20(21)22(18-23(25)26)30-15-14-28-12-13-29-16-17-31-24(27)19(3)5-2/h7-10,18-19H,4-6,11-17H2,1-3H3. The summed E-state index contributed by atoms with van der Waals surface area (Å²) >= 11 is 1.33. The van der Waals surface area contributed by atoms with Crippen LogP contribution in [0.4, 0.5) is 0 Å². The molecule has 0 aliphatic heterocycles. The summed E-state index contributed by atoms with van der Waals surface area (Å²) < 4.78 is 18.7. The van der Waals surface area contributed by atoms with Crippen LogP contribution in [0.25, 0.3) is 10.9 Å². The Morgan fingerprint density at radius 3 is 2.52 bits per heavy atom. The number of para-hydroxylation sites is 1. The number of aryl methyl sites for hydroxylation is 1. The zero-order valence-electron chi connectivity index (χ0n) is 18.9. The van der Waals surface area contributed by atoms with E-state index in [0.29, 0.717) is 51.1 Å². The van der Waals surface area contributed by atoms with Gasteiger partial charge in [0.05, 0.1) is 31.9 Å². The highest BCUT2D eigenvalue weighted by Crippen LogP contribution is 2.23. The number of unbranched alkanes of at least 4 members (excludes halogenated alkanes) is 1. The van der Waals surface area contributed by atoms with Crippen LogP contribution in [0.15, 0.2) is 35.1 Å². The number of thioether (sulfide) groups is 1. The summed E-state index contributed by atoms with van der Waals surface area (Å²) in [5.74, 6) is 1.37. The molecule has 0 fully saturated rings. The van der Waals surface area contributed by atoms with Gasteiger partial charge in [-0.2, -0.15) is 0 Å². The minimum atomic E-state index is -0.0406. The summed E-state index contributed by atoms with van der Waals surface area (Å²) in [6.45, 7) is 9.05. The van der Waals surface area contributed by atoms with Crippen molar-refractivity contribution in [2.45, 2.75) is 46.6 Å². The molecule has 1 aromatic heterocycles. The van der Waals surface area contributed by atoms with Gasteiger partial charge < -0.3 is 18.8 Å². The first-order chi connectivity index (χ1) is 15.1. The number of hydrogen-bond acceptors (Lipinski definition) is 6. The van der Waals surface area contributed by atoms with Gasteiger partial charge in [-0.05, 0) is 25.0 Å². The molecule has 0 spiro atoms. The third-order valence-corrected chi connectivity index (χ3v) is 6.12. The average molecular weight is 450 g/mol. The molecule has 1 heterocycles. The van der Waals surface area contributed by atoms with Gasteiger partial charge in [-0.1, -0.05) is 51.1 Å². The molecule has 0 radical (unpaired) electrons. The van der Waals surface area contributed by atoms with Crippen LogP contribution in [0.3, 0.4) is 0 Å². The molecule has 1 unspecified atom stereocenters. The van der Waals surface area contributed by atoms with E-state index in [1.54, 1.807) is 6.07 Å². The quantitative estimate of drug-likeness (QED) is 0.373. The second-order valence-corrected chi connectivity index (χ2v) is 8.52. The van der Waals surface area contributed by atoms with Crippen molar-refractivity contribution in [1.82, 2.24) is 4.57 Å². The van der Waals surface area contributed by atoms with Crippen LogP contribution in [-0.4, -0.2) is 48.5 Å². The minimum Gasteiger partial charge on any atom is -0.490 e. The van der Waals surface area contributed by atoms with E-state index in [-0.39, 0.29) is 16.6 Å². The molecule has 0 amide bonds. The molecule has 1 aromatic carbocycles. The van der Waals surface area contributed by atoms with Crippen molar-refractivity contribution < 1.29 is 19.0 Å². The van der Waals surface area contributed by atoms with E-state index >= 15 is 0 Å². The van der Waals surface area contributed by atoms with Crippen molar-refractivity contribution in [1.29, 1.82) is 0 Å². The second-order valence-electron chi connectivity index (χ2n) is 7.42. The zero-order chi connectivity index (χ0) is 22.5. The third-order valence-electron chi connectivity index (χ3n) is 5.06. The van der Waals surface area contributed by atoms with Gasteiger partial charge in [-0.15, -0.1) is 0 Å². The lowest BCUT2D eigenvalue weighted by Gasteiger charge is -2.14. The first-order valence-corrected chi connectivity index (χ1v) is 12.1. The molecule has 7 heteroatoms. The van der Waals surface area contributed by atoms with Crippen molar-refractivity contribution in [3.8, 4) is 5.75 Å². The van der Waals surface area contributed by atoms with Gasteiger partial charge in [0.15, 0.2) is 5.12 Å². The van der Waals surface area contributed by atoms with Crippen LogP contribution in [0.5, 0.6) is 5.75 Å². The van der Waals surface area contributed by atoms with Crippen molar-refractivity contribution in [2.24, 2.45) is 5.92 Å². The number of ether oxygens (including phenoxy) is 3. The molecule has 1 atom stereocenters. The van der Waals surface area contributed by atoms with E-state index in [1.165, 1.54) is 11.8 Å². The summed E-state index contributed by atoms with van der Waals surface area (Å²) in [5.41, 5.74) is 0.860. The number of carbonyl (C=O) groups excluding carboxylic acids is 1. The maximum atomic E-state index is 12.5. The fraction of sp³-hybridized carbons (Fsp3) is 0.583. The monoisotopic (exact) mass is 449 g/mol. The van der Waals surface area contributed by atoms with Gasteiger partial charge in [-0.25, -0.2) is 0 Å². The molecule has 0 bridgehead atoms. The van der Waals surface area contributed by atoms with Gasteiger partial charge >= 0.3 is 0 Å². The van der Waals surface area contributed by atoms with Crippen LogP contribution >= 0.6 is 11.8 Å². The number of rotatable bonds is 15. The van der Waals surface area contributed by atoms with Crippen LogP contribution in [0, 0.1) is 5.92 Å². The molecule has 172 valence electrons. The molecule has 2 rings (SSSR count). The molecule has 2 aromatic rings. The van der Waals surface area contributed by atoms with Gasteiger partial charge in [0, 0.05) is 29.7 Å². The fourth-order valence-corrected chi connectivity index (χ4v) is 3.87. The Bertz CT molecular complexity index is 867. The molecule has 0 saturated heterocycles. The van der Waals surface area contributed by atoms with Crippen LogP contribution in [0.1, 0.15) is 40.0 Å². The van der Waals surface area contributed by atoms with E-state index in [9.17, 15) is 9.59 Å². The fourth-order valence-electron chi connectivity index (χ4n) is 3.01. The summed E-state index contributed by atoms with van der Waals surface area (Å²) in [7, 11) is 0. The van der Waals surface area contributed by atoms with E-state index < -0.39 is 0 Å². The van der Waals surface area contributed by atoms with Crippen molar-refractivity contribution in [3.05, 3.63) is 40.7 Å². The predicted molar refractivity (Wildman–Crippen MR) is 127 cm³/mol. The van der Waals surface area contributed by atoms with E-state index in [4.69, 9.17) is 14.2 Å². The Kier molecular flexibility index (Phi) is 11.7. The Hall–Kier alpha value is -1.83. The molecular weight excluding hydrogens is 414 g/mol. The number of aromatic nitrogens is 1. The molecule has 0 aliphatic carbocycles. The lowest BCUT2D eigenvalue weighted by Crippen LogP contribution is -2.21. The summed E-state index contributed by atoms with van der Waals surface area (Å²) in [6.07, 6.45) is 2.87. The Morgan fingerprint density at radius 1 is 1.06 bits per heavy atom. The van der Waals surface area contributed by atoms with Gasteiger partial charge in [0.1, 0.15) is 12.4 Å². The number of benzene rings is 1. The van der Waals surface area contributed by atoms with Gasteiger partial charge in [-0.3, -0.25) is 9.59 Å². The lowest BCUT2D eigenvalue weighted by atomic mass is 10.1. The third kappa shape index (κ3) is 8.31. The summed E-state index contributed by atoms with van der Waals surface area (Å²) in [6, 6.07) is 9.40. The molecule has 31 heavy (non-hydrogen) atoms.